The summed E-state index contributed by atoms with van der Waals surface area (Å²) in [6, 6.07) is 0. The van der Waals surface area contributed by atoms with E-state index in [-0.39, 0.29) is 6.61 Å². The number of aromatic nitrogens is 1. The molecule has 0 saturated carbocycles. The third kappa shape index (κ3) is 4.22. The second kappa shape index (κ2) is 7.31. The van der Waals surface area contributed by atoms with Gasteiger partial charge in [-0.2, -0.15) is 0 Å². The highest BCUT2D eigenvalue weighted by molar-refractivity contribution is 7.11. The number of piperazine rings is 1. The molecule has 2 rings (SSSR count). The molecule has 0 unspecified atom stereocenters. The number of ether oxygens (including phenoxy) is 1. The molecule has 0 aromatic carbocycles. The van der Waals surface area contributed by atoms with Crippen molar-refractivity contribution in [3.8, 4) is 0 Å². The SMILES string of the molecule is COCc1nc(CCN2CCN(C)CC2)sc1CO. The summed E-state index contributed by atoms with van der Waals surface area (Å²) in [6.07, 6.45) is 0.963. The smallest absolute Gasteiger partial charge is 0.0945 e. The van der Waals surface area contributed by atoms with E-state index in [2.05, 4.69) is 21.8 Å². The minimum atomic E-state index is 0.0604. The first-order valence-electron chi connectivity index (χ1n) is 6.71. The Bertz CT molecular complexity index is 389. The van der Waals surface area contributed by atoms with Crippen LogP contribution in [-0.2, 0) is 24.4 Å². The molecule has 0 radical (unpaired) electrons. The van der Waals surface area contributed by atoms with E-state index in [9.17, 15) is 5.11 Å². The Balaban J connectivity index is 1.85. The molecule has 0 spiro atoms. The number of hydrogen-bond donors (Lipinski definition) is 1. The molecular weight excluding hydrogens is 262 g/mol. The van der Waals surface area contributed by atoms with E-state index in [1.54, 1.807) is 18.4 Å². The number of rotatable bonds is 6. The predicted octanol–water partition coefficient (Wildman–Crippen LogP) is 0.572. The zero-order chi connectivity index (χ0) is 13.7. The van der Waals surface area contributed by atoms with Crippen LogP contribution in [0.15, 0.2) is 0 Å². The highest BCUT2D eigenvalue weighted by Gasteiger charge is 2.15. The third-order valence-corrected chi connectivity index (χ3v) is 4.63. The molecule has 1 aliphatic heterocycles. The summed E-state index contributed by atoms with van der Waals surface area (Å²) in [4.78, 5) is 10.4. The highest BCUT2D eigenvalue weighted by Crippen LogP contribution is 2.20. The molecule has 1 aliphatic rings. The summed E-state index contributed by atoms with van der Waals surface area (Å²) in [6.45, 7) is 6.17. The van der Waals surface area contributed by atoms with Crippen molar-refractivity contribution in [2.75, 3.05) is 46.9 Å². The maximum absolute atomic E-state index is 9.30. The van der Waals surface area contributed by atoms with Gasteiger partial charge >= 0.3 is 0 Å². The first-order valence-corrected chi connectivity index (χ1v) is 7.52. The fourth-order valence-electron chi connectivity index (χ4n) is 2.24. The molecule has 1 N–H and O–H groups in total. The molecule has 108 valence electrons. The number of thiazole rings is 1. The van der Waals surface area contributed by atoms with Gasteiger partial charge in [-0.05, 0) is 7.05 Å². The molecular formula is C13H23N3O2S. The zero-order valence-corrected chi connectivity index (χ0v) is 12.6. The number of aliphatic hydroxyl groups excluding tert-OH is 1. The summed E-state index contributed by atoms with van der Waals surface area (Å²) in [7, 11) is 3.83. The van der Waals surface area contributed by atoms with Crippen molar-refractivity contribution in [2.45, 2.75) is 19.6 Å². The Labute approximate surface area is 118 Å². The first kappa shape index (κ1) is 14.9. The minimum absolute atomic E-state index is 0.0604. The normalized spacial score (nSPS) is 18.1. The van der Waals surface area contributed by atoms with Gasteiger partial charge in [0.1, 0.15) is 0 Å². The summed E-state index contributed by atoms with van der Waals surface area (Å²) in [5.41, 5.74) is 0.892. The van der Waals surface area contributed by atoms with Crippen LogP contribution >= 0.6 is 11.3 Å². The molecule has 1 aromatic rings. The molecule has 5 nitrogen and oxygen atoms in total. The van der Waals surface area contributed by atoms with E-state index in [4.69, 9.17) is 4.74 Å². The van der Waals surface area contributed by atoms with E-state index >= 15 is 0 Å². The van der Waals surface area contributed by atoms with Gasteiger partial charge in [0.25, 0.3) is 0 Å². The van der Waals surface area contributed by atoms with Crippen LogP contribution < -0.4 is 0 Å². The monoisotopic (exact) mass is 285 g/mol. The summed E-state index contributed by atoms with van der Waals surface area (Å²) in [5, 5.41) is 10.4. The maximum Gasteiger partial charge on any atom is 0.0945 e. The van der Waals surface area contributed by atoms with Crippen LogP contribution in [0.4, 0.5) is 0 Å². The second-order valence-corrected chi connectivity index (χ2v) is 6.13. The van der Waals surface area contributed by atoms with E-state index in [1.165, 1.54) is 0 Å². The van der Waals surface area contributed by atoms with Crippen LogP contribution in [0.2, 0.25) is 0 Å². The molecule has 2 heterocycles. The first-order chi connectivity index (χ1) is 9.22. The van der Waals surface area contributed by atoms with Crippen molar-refractivity contribution < 1.29 is 9.84 Å². The average Bonchev–Trinajstić information content (AvgIpc) is 2.81. The van der Waals surface area contributed by atoms with Crippen LogP contribution in [0.1, 0.15) is 15.6 Å². The Hall–Kier alpha value is -0.530. The number of methoxy groups -OCH3 is 1. The van der Waals surface area contributed by atoms with Crippen molar-refractivity contribution in [3.05, 3.63) is 15.6 Å². The second-order valence-electron chi connectivity index (χ2n) is 4.96. The topological polar surface area (TPSA) is 48.8 Å². The fraction of sp³-hybridized carbons (Fsp3) is 0.769. The van der Waals surface area contributed by atoms with Crippen LogP contribution in [0.3, 0.4) is 0 Å². The lowest BCUT2D eigenvalue weighted by molar-refractivity contribution is 0.155. The van der Waals surface area contributed by atoms with Crippen LogP contribution in [0.5, 0.6) is 0 Å². The van der Waals surface area contributed by atoms with E-state index < -0.39 is 0 Å². The lowest BCUT2D eigenvalue weighted by atomic mass is 10.3. The molecule has 1 fully saturated rings. The van der Waals surface area contributed by atoms with Gasteiger partial charge in [-0.15, -0.1) is 11.3 Å². The summed E-state index contributed by atoms with van der Waals surface area (Å²) < 4.78 is 5.11. The average molecular weight is 285 g/mol. The van der Waals surface area contributed by atoms with Crippen molar-refractivity contribution >= 4 is 11.3 Å². The number of hydrogen-bond acceptors (Lipinski definition) is 6. The molecule has 0 amide bonds. The van der Waals surface area contributed by atoms with Gasteiger partial charge in [0.2, 0.25) is 0 Å². The molecule has 0 aliphatic carbocycles. The number of nitrogens with zero attached hydrogens (tertiary/aromatic N) is 3. The lowest BCUT2D eigenvalue weighted by Crippen LogP contribution is -2.45. The number of aliphatic hydroxyl groups is 1. The van der Waals surface area contributed by atoms with Gasteiger partial charge in [0, 0.05) is 46.3 Å². The van der Waals surface area contributed by atoms with E-state index in [1.807, 2.05) is 0 Å². The molecule has 6 heteroatoms. The van der Waals surface area contributed by atoms with Crippen molar-refractivity contribution in [1.82, 2.24) is 14.8 Å². The number of likely N-dealkylation sites (N-methyl/N-ethyl adjacent to an activating group) is 1. The Morgan fingerprint density at radius 3 is 2.68 bits per heavy atom. The van der Waals surface area contributed by atoms with Crippen molar-refractivity contribution in [1.29, 1.82) is 0 Å². The van der Waals surface area contributed by atoms with Crippen molar-refractivity contribution in [2.24, 2.45) is 0 Å². The summed E-state index contributed by atoms with van der Waals surface area (Å²) >= 11 is 1.61. The molecule has 0 bridgehead atoms. The Kier molecular flexibility index (Phi) is 5.72. The predicted molar refractivity (Wildman–Crippen MR) is 76.4 cm³/mol. The minimum Gasteiger partial charge on any atom is -0.391 e. The van der Waals surface area contributed by atoms with E-state index in [0.29, 0.717) is 6.61 Å². The standard InChI is InChI=1S/C13H23N3O2S/c1-15-5-7-16(8-6-15)4-3-13-14-11(10-18-2)12(9-17)19-13/h17H,3-10H2,1-2H3. The largest absolute Gasteiger partial charge is 0.391 e. The van der Waals surface area contributed by atoms with Crippen LogP contribution in [0.25, 0.3) is 0 Å². The van der Waals surface area contributed by atoms with Gasteiger partial charge in [-0.3, -0.25) is 0 Å². The fourth-order valence-corrected chi connectivity index (χ4v) is 3.16. The highest BCUT2D eigenvalue weighted by atomic mass is 32.1. The molecule has 1 aromatic heterocycles. The Morgan fingerprint density at radius 2 is 2.05 bits per heavy atom. The summed E-state index contributed by atoms with van der Waals surface area (Å²) in [5.74, 6) is 0. The third-order valence-electron chi connectivity index (χ3n) is 3.48. The van der Waals surface area contributed by atoms with E-state index in [0.717, 1.165) is 54.7 Å². The van der Waals surface area contributed by atoms with Gasteiger partial charge < -0.3 is 19.6 Å². The lowest BCUT2D eigenvalue weighted by Gasteiger charge is -2.32. The quantitative estimate of drug-likeness (QED) is 0.828. The van der Waals surface area contributed by atoms with Gasteiger partial charge in [0.15, 0.2) is 0 Å². The molecule has 0 atom stereocenters. The van der Waals surface area contributed by atoms with Crippen LogP contribution in [0, 0.1) is 0 Å². The van der Waals surface area contributed by atoms with Gasteiger partial charge in [-0.25, -0.2) is 4.98 Å². The maximum atomic E-state index is 9.30. The zero-order valence-electron chi connectivity index (χ0n) is 11.8. The van der Waals surface area contributed by atoms with Crippen LogP contribution in [-0.4, -0.2) is 66.8 Å². The van der Waals surface area contributed by atoms with Gasteiger partial charge in [-0.1, -0.05) is 0 Å². The van der Waals surface area contributed by atoms with Crippen molar-refractivity contribution in [3.63, 3.8) is 0 Å². The molecule has 1 saturated heterocycles. The van der Waals surface area contributed by atoms with Gasteiger partial charge in [0.05, 0.1) is 28.8 Å². The Morgan fingerprint density at radius 1 is 1.32 bits per heavy atom. The molecule has 19 heavy (non-hydrogen) atoms.